The van der Waals surface area contributed by atoms with Crippen molar-refractivity contribution >= 4 is 11.5 Å². The van der Waals surface area contributed by atoms with E-state index < -0.39 is 0 Å². The van der Waals surface area contributed by atoms with Gasteiger partial charge in [-0.1, -0.05) is 0 Å². The van der Waals surface area contributed by atoms with Crippen LogP contribution in [0.2, 0.25) is 0 Å². The lowest BCUT2D eigenvalue weighted by Gasteiger charge is -2.12. The van der Waals surface area contributed by atoms with Gasteiger partial charge >= 0.3 is 0 Å². The Bertz CT molecular complexity index is 393. The number of methoxy groups -OCH3 is 1. The molecule has 0 aromatic carbocycles. The molecular formula is C10H13N3O4. The van der Waals surface area contributed by atoms with Gasteiger partial charge in [-0.05, 0) is 11.2 Å². The highest BCUT2D eigenvalue weighted by atomic mass is 16.7. The molecule has 0 spiro atoms. The molecule has 1 aliphatic heterocycles. The highest BCUT2D eigenvalue weighted by Gasteiger charge is 2.16. The van der Waals surface area contributed by atoms with Crippen molar-refractivity contribution in [3.63, 3.8) is 0 Å². The predicted molar refractivity (Wildman–Crippen MR) is 60.4 cm³/mol. The molecule has 1 N–H and O–H groups in total. The molecule has 0 bridgehead atoms. The van der Waals surface area contributed by atoms with E-state index in [9.17, 15) is 4.91 Å². The van der Waals surface area contributed by atoms with E-state index >= 15 is 0 Å². The minimum absolute atomic E-state index is 0.226. The molecule has 0 radical (unpaired) electrons. The Morgan fingerprint density at radius 2 is 2.29 bits per heavy atom. The third-order valence-corrected chi connectivity index (χ3v) is 2.28. The van der Waals surface area contributed by atoms with Crippen molar-refractivity contribution in [3.05, 3.63) is 17.0 Å². The largest absolute Gasteiger partial charge is 0.481 e. The molecule has 1 aliphatic rings. The van der Waals surface area contributed by atoms with Crippen LogP contribution in [0.3, 0.4) is 0 Å². The molecule has 2 rings (SSSR count). The normalized spacial score (nSPS) is 15.8. The number of nitrogens with one attached hydrogen (secondary N) is 1. The quantitative estimate of drug-likeness (QED) is 0.779. The van der Waals surface area contributed by atoms with Gasteiger partial charge in [0.05, 0.1) is 26.9 Å². The van der Waals surface area contributed by atoms with Crippen molar-refractivity contribution in [2.24, 2.45) is 5.18 Å². The Kier molecular flexibility index (Phi) is 3.84. The van der Waals surface area contributed by atoms with Crippen LogP contribution in [0.15, 0.2) is 17.3 Å². The van der Waals surface area contributed by atoms with Crippen molar-refractivity contribution in [2.75, 3.05) is 32.2 Å². The molecule has 1 fully saturated rings. The van der Waals surface area contributed by atoms with Gasteiger partial charge in [0.1, 0.15) is 0 Å². The first-order valence-corrected chi connectivity index (χ1v) is 5.19. The van der Waals surface area contributed by atoms with Gasteiger partial charge in [-0.3, -0.25) is 0 Å². The topological polar surface area (TPSA) is 82.0 Å². The van der Waals surface area contributed by atoms with Gasteiger partial charge in [0, 0.05) is 6.07 Å². The van der Waals surface area contributed by atoms with Crippen LogP contribution in [-0.2, 0) is 9.47 Å². The summed E-state index contributed by atoms with van der Waals surface area (Å²) in [7, 11) is 1.50. The average Bonchev–Trinajstić information content (AvgIpc) is 2.89. The summed E-state index contributed by atoms with van der Waals surface area (Å²) in [5.74, 6) is 0.770. The molecule has 0 saturated carbocycles. The molecule has 0 aliphatic carbocycles. The Morgan fingerprint density at radius 1 is 1.53 bits per heavy atom. The zero-order valence-corrected chi connectivity index (χ0v) is 9.38. The second-order valence-corrected chi connectivity index (χ2v) is 3.36. The fraction of sp³-hybridized carbons (Fsp3) is 0.500. The molecule has 17 heavy (non-hydrogen) atoms. The molecule has 0 amide bonds. The maximum atomic E-state index is 10.6. The van der Waals surface area contributed by atoms with Gasteiger partial charge in [-0.15, -0.1) is 4.91 Å². The van der Waals surface area contributed by atoms with Gasteiger partial charge in [0.2, 0.25) is 5.88 Å². The van der Waals surface area contributed by atoms with Crippen molar-refractivity contribution in [1.82, 2.24) is 4.98 Å². The fourth-order valence-corrected chi connectivity index (χ4v) is 1.46. The monoisotopic (exact) mass is 239 g/mol. The predicted octanol–water partition coefficient (Wildman–Crippen LogP) is 1.27. The molecule has 92 valence electrons. The Morgan fingerprint density at radius 3 is 2.94 bits per heavy atom. The minimum atomic E-state index is -0.317. The van der Waals surface area contributed by atoms with Crippen LogP contribution in [0, 0.1) is 4.91 Å². The summed E-state index contributed by atoms with van der Waals surface area (Å²) in [6.45, 7) is 1.57. The van der Waals surface area contributed by atoms with Gasteiger partial charge in [-0.2, -0.15) is 4.98 Å². The summed E-state index contributed by atoms with van der Waals surface area (Å²) in [4.78, 5) is 14.7. The van der Waals surface area contributed by atoms with E-state index in [-0.39, 0.29) is 12.0 Å². The van der Waals surface area contributed by atoms with E-state index in [4.69, 9.17) is 14.2 Å². The first-order valence-electron chi connectivity index (χ1n) is 5.19. The number of rotatable bonds is 5. The third-order valence-electron chi connectivity index (χ3n) is 2.28. The maximum absolute atomic E-state index is 10.6. The summed E-state index contributed by atoms with van der Waals surface area (Å²) in [5.41, 5.74) is 0.226. The lowest BCUT2D eigenvalue weighted by Crippen LogP contribution is -2.20. The van der Waals surface area contributed by atoms with Crippen LogP contribution in [0.5, 0.6) is 5.88 Å². The second-order valence-electron chi connectivity index (χ2n) is 3.36. The van der Waals surface area contributed by atoms with Crippen LogP contribution in [0.1, 0.15) is 0 Å². The highest BCUT2D eigenvalue weighted by Crippen LogP contribution is 2.25. The molecule has 1 saturated heterocycles. The van der Waals surface area contributed by atoms with Crippen LogP contribution >= 0.6 is 0 Å². The number of hydrogen-bond acceptors (Lipinski definition) is 7. The number of anilines is 1. The van der Waals surface area contributed by atoms with E-state index in [0.717, 1.165) is 0 Å². The molecule has 2 heterocycles. The van der Waals surface area contributed by atoms with Crippen molar-refractivity contribution in [1.29, 1.82) is 0 Å². The zero-order chi connectivity index (χ0) is 12.1. The molecule has 0 unspecified atom stereocenters. The van der Waals surface area contributed by atoms with Crippen LogP contribution < -0.4 is 10.1 Å². The lowest BCUT2D eigenvalue weighted by molar-refractivity contribution is -0.0299. The average molecular weight is 239 g/mol. The number of nitroso groups, excluding NO2 is 1. The van der Waals surface area contributed by atoms with Crippen LogP contribution in [-0.4, -0.2) is 38.1 Å². The molecule has 0 atom stereocenters. The minimum Gasteiger partial charge on any atom is -0.481 e. The van der Waals surface area contributed by atoms with E-state index in [2.05, 4.69) is 15.5 Å². The highest BCUT2D eigenvalue weighted by molar-refractivity contribution is 5.61. The van der Waals surface area contributed by atoms with E-state index in [1.165, 1.54) is 13.2 Å². The summed E-state index contributed by atoms with van der Waals surface area (Å²) in [6, 6.07) is 3.11. The molecule has 7 heteroatoms. The van der Waals surface area contributed by atoms with Gasteiger partial charge in [-0.25, -0.2) is 0 Å². The smallest absolute Gasteiger partial charge is 0.215 e. The summed E-state index contributed by atoms with van der Waals surface area (Å²) >= 11 is 0. The number of ether oxygens (including phenoxy) is 3. The Labute approximate surface area is 98.1 Å². The fourth-order valence-electron chi connectivity index (χ4n) is 1.46. The second kappa shape index (κ2) is 5.55. The molecule has 1 aromatic rings. The lowest BCUT2D eigenvalue weighted by atomic mass is 10.4. The van der Waals surface area contributed by atoms with Crippen LogP contribution in [0.25, 0.3) is 0 Å². The van der Waals surface area contributed by atoms with Crippen molar-refractivity contribution in [3.8, 4) is 5.88 Å². The van der Waals surface area contributed by atoms with E-state index in [1.807, 2.05) is 0 Å². The number of pyridine rings is 1. The van der Waals surface area contributed by atoms with Gasteiger partial charge < -0.3 is 19.5 Å². The summed E-state index contributed by atoms with van der Waals surface area (Å²) < 4.78 is 15.5. The van der Waals surface area contributed by atoms with Gasteiger partial charge in [0.15, 0.2) is 17.8 Å². The third kappa shape index (κ3) is 2.89. The van der Waals surface area contributed by atoms with Crippen molar-refractivity contribution in [2.45, 2.75) is 6.29 Å². The SMILES string of the molecule is COc1ccc(N=O)c(NCC2OCCO2)n1. The number of nitrogens with zero attached hydrogens (tertiary/aromatic N) is 2. The van der Waals surface area contributed by atoms with Crippen molar-refractivity contribution < 1.29 is 14.2 Å². The molecule has 1 aromatic heterocycles. The first-order chi connectivity index (χ1) is 8.33. The zero-order valence-electron chi connectivity index (χ0n) is 9.38. The van der Waals surface area contributed by atoms with E-state index in [0.29, 0.717) is 31.5 Å². The first kappa shape index (κ1) is 11.7. The maximum Gasteiger partial charge on any atom is 0.215 e. The molecular weight excluding hydrogens is 226 g/mol. The van der Waals surface area contributed by atoms with Gasteiger partial charge in [0.25, 0.3) is 0 Å². The Balaban J connectivity index is 2.03. The summed E-state index contributed by atoms with van der Waals surface area (Å²) in [6.07, 6.45) is -0.317. The standard InChI is InChI=1S/C10H13N3O4/c1-15-8-3-2-7(13-14)10(12-8)11-6-9-16-4-5-17-9/h2-3,9H,4-6H2,1H3,(H,11,12). The number of aromatic nitrogens is 1. The number of hydrogen-bond donors (Lipinski definition) is 1. The van der Waals surface area contributed by atoms with E-state index in [1.54, 1.807) is 6.07 Å². The van der Waals surface area contributed by atoms with Crippen LogP contribution in [0.4, 0.5) is 11.5 Å². The molecule has 7 nitrogen and oxygen atoms in total. The Hall–Kier alpha value is -1.73. The summed E-state index contributed by atoms with van der Waals surface area (Å²) in [5, 5.41) is 5.82.